The zero-order valence-electron chi connectivity index (χ0n) is 34.2. The van der Waals surface area contributed by atoms with Crippen LogP contribution in [0.3, 0.4) is 0 Å². The molecule has 15 heteroatoms. The van der Waals surface area contributed by atoms with Crippen LogP contribution in [-0.2, 0) is 10.0 Å². The lowest BCUT2D eigenvalue weighted by atomic mass is 9.72. The van der Waals surface area contributed by atoms with Crippen molar-refractivity contribution in [2.24, 2.45) is 11.3 Å². The summed E-state index contributed by atoms with van der Waals surface area (Å²) in [6, 6.07) is 19.6. The molecule has 8 rings (SSSR count). The topological polar surface area (TPSA) is 137 Å². The molecule has 2 heterocycles. The van der Waals surface area contributed by atoms with Gasteiger partial charge in [-0.25, -0.2) is 17.5 Å². The predicted molar refractivity (Wildman–Crippen MR) is 237 cm³/mol. The number of piperazine rings is 1. The van der Waals surface area contributed by atoms with Gasteiger partial charge in [0, 0.05) is 55.6 Å². The Kier molecular flexibility index (Phi) is 12.7. The van der Waals surface area contributed by atoms with Crippen molar-refractivity contribution < 1.29 is 32.2 Å². The number of carbonyl (C=O) groups is 1. The van der Waals surface area contributed by atoms with Gasteiger partial charge in [-0.15, -0.1) is 0 Å². The fourth-order valence-corrected chi connectivity index (χ4v) is 10.0. The van der Waals surface area contributed by atoms with Gasteiger partial charge in [0.1, 0.15) is 23.1 Å². The molecule has 1 amide bonds. The van der Waals surface area contributed by atoms with Crippen molar-refractivity contribution in [1.29, 1.82) is 0 Å². The van der Waals surface area contributed by atoms with Crippen molar-refractivity contribution in [2.75, 3.05) is 44.2 Å². The maximum Gasteiger partial charge on any atom is 0.268 e. The first-order valence-electron chi connectivity index (χ1n) is 20.8. The number of amides is 1. The lowest BCUT2D eigenvalue weighted by Gasteiger charge is -2.39. The van der Waals surface area contributed by atoms with E-state index in [2.05, 4.69) is 50.7 Å². The molecular weight excluding hydrogens is 841 g/mol. The number of sulfonamides is 1. The third-order valence-electron chi connectivity index (χ3n) is 12.2. The first kappa shape index (κ1) is 43.0. The summed E-state index contributed by atoms with van der Waals surface area (Å²) >= 11 is 12.7. The average Bonchev–Trinajstić information content (AvgIpc) is 3.71. The molecule has 2 aliphatic carbocycles. The van der Waals surface area contributed by atoms with Gasteiger partial charge in [-0.3, -0.25) is 14.8 Å². The lowest BCUT2D eigenvalue weighted by molar-refractivity contribution is 0.0917. The van der Waals surface area contributed by atoms with Crippen LogP contribution >= 0.6 is 23.2 Å². The van der Waals surface area contributed by atoms with E-state index in [4.69, 9.17) is 32.7 Å². The summed E-state index contributed by atoms with van der Waals surface area (Å²) in [4.78, 5) is 18.4. The largest absolute Gasteiger partial charge is 0.492 e. The molecule has 0 bridgehead atoms. The number of nitrogens with zero attached hydrogens (tertiary/aromatic N) is 3. The van der Waals surface area contributed by atoms with E-state index in [1.54, 1.807) is 12.1 Å². The zero-order chi connectivity index (χ0) is 42.9. The summed E-state index contributed by atoms with van der Waals surface area (Å²) in [5.41, 5.74) is 5.39. The number of fused-ring (bicyclic) bond motifs is 1. The van der Waals surface area contributed by atoms with Gasteiger partial charge in [-0.1, -0.05) is 54.8 Å². The van der Waals surface area contributed by atoms with Crippen LogP contribution in [0.1, 0.15) is 74.7 Å². The summed E-state index contributed by atoms with van der Waals surface area (Å²) in [6.45, 7) is 8.92. The number of anilines is 1. The molecule has 1 saturated carbocycles. The molecule has 1 saturated heterocycles. The van der Waals surface area contributed by atoms with Crippen LogP contribution in [0.15, 0.2) is 89.5 Å². The lowest BCUT2D eigenvalue weighted by Crippen LogP contribution is -2.47. The fourth-order valence-electron chi connectivity index (χ4n) is 8.59. The van der Waals surface area contributed by atoms with Crippen LogP contribution in [0.25, 0.3) is 16.5 Å². The van der Waals surface area contributed by atoms with Crippen molar-refractivity contribution in [1.82, 2.24) is 19.8 Å². The van der Waals surface area contributed by atoms with Crippen LogP contribution in [-0.4, -0.2) is 80.0 Å². The Balaban J connectivity index is 0.999. The summed E-state index contributed by atoms with van der Waals surface area (Å²) in [5.74, 6) is -0.787. The number of carbonyl (C=O) groups excluding carboxylic acids is 1. The second-order valence-electron chi connectivity index (χ2n) is 17.2. The number of halogens is 3. The molecule has 4 aromatic carbocycles. The highest BCUT2D eigenvalue weighted by molar-refractivity contribution is 7.90. The van der Waals surface area contributed by atoms with Crippen LogP contribution in [0.2, 0.25) is 10.0 Å². The van der Waals surface area contributed by atoms with Crippen molar-refractivity contribution in [2.45, 2.75) is 69.8 Å². The summed E-state index contributed by atoms with van der Waals surface area (Å²) in [6.07, 6.45) is 7.47. The molecule has 1 aliphatic heterocycles. The summed E-state index contributed by atoms with van der Waals surface area (Å²) < 4.78 is 56.4. The Bertz CT molecular complexity index is 2550. The van der Waals surface area contributed by atoms with E-state index in [-0.39, 0.29) is 44.4 Å². The van der Waals surface area contributed by atoms with Crippen LogP contribution in [0.5, 0.6) is 17.2 Å². The number of H-pyrrole nitrogens is 1. The van der Waals surface area contributed by atoms with Gasteiger partial charge in [0.05, 0.1) is 45.3 Å². The number of benzene rings is 4. The molecular formula is C46H50Cl2FN5O6S. The SMILES string of the molecule is CC1(C)CCC(CN2CCN(c3ccc(C(=O)NS(=O)(=O)c4ccc(OCC5CCC(O)CC5)c(Cl)c4)c(Oc4cc(F)cc5[nH]ncc45)c3)CC2)=C(c2ccc(Cl)cc2)C1. The maximum absolute atomic E-state index is 14.8. The quantitative estimate of drug-likeness (QED) is 0.112. The molecule has 5 aromatic rings. The minimum absolute atomic E-state index is 0.0420. The number of aliphatic hydroxyl groups excluding tert-OH is 1. The number of rotatable bonds is 12. The van der Waals surface area contributed by atoms with Crippen molar-refractivity contribution in [3.8, 4) is 17.2 Å². The molecule has 322 valence electrons. The fraction of sp³-hybridized carbons (Fsp3) is 0.391. The number of aromatic amines is 1. The summed E-state index contributed by atoms with van der Waals surface area (Å²) in [7, 11) is -4.41. The molecule has 3 N–H and O–H groups in total. The van der Waals surface area contributed by atoms with Gasteiger partial charge in [0.2, 0.25) is 0 Å². The number of nitrogens with one attached hydrogen (secondary N) is 2. The molecule has 0 spiro atoms. The van der Waals surface area contributed by atoms with E-state index in [0.29, 0.717) is 49.2 Å². The standard InChI is InChI=1S/C46H50Cl2FN5O6S/c1-46(2)16-15-31(38(25-46)30-5-7-32(47)8-6-30)27-53-17-19-54(20-18-53)34-9-13-37(44(23-34)60-43-22-33(49)21-41-39(43)26-50-51-41)45(56)52-61(57,58)36-12-14-42(40(48)24-36)59-28-29-3-10-35(55)11-4-29/h5-9,12-14,21-24,26,29,35,55H,3-4,10-11,15-20,25,27-28H2,1-2H3,(H,50,51)(H,52,56). The first-order chi connectivity index (χ1) is 29.2. The number of hydrogen-bond donors (Lipinski definition) is 3. The third kappa shape index (κ3) is 10.2. The number of aliphatic hydroxyl groups is 1. The highest BCUT2D eigenvalue weighted by Gasteiger charge is 2.30. The Morgan fingerprint density at radius 1 is 0.951 bits per heavy atom. The second-order valence-corrected chi connectivity index (χ2v) is 19.7. The van der Waals surface area contributed by atoms with E-state index in [9.17, 15) is 22.7 Å². The van der Waals surface area contributed by atoms with Gasteiger partial charge < -0.3 is 19.5 Å². The first-order valence-corrected chi connectivity index (χ1v) is 23.0. The van der Waals surface area contributed by atoms with E-state index in [1.807, 2.05) is 12.1 Å². The molecule has 61 heavy (non-hydrogen) atoms. The van der Waals surface area contributed by atoms with Crippen molar-refractivity contribution in [3.05, 3.63) is 112 Å². The second kappa shape index (κ2) is 18.0. The van der Waals surface area contributed by atoms with Gasteiger partial charge in [-0.05, 0) is 116 Å². The van der Waals surface area contributed by atoms with Gasteiger partial charge in [0.15, 0.2) is 0 Å². The molecule has 0 unspecified atom stereocenters. The van der Waals surface area contributed by atoms with E-state index < -0.39 is 21.7 Å². The Labute approximate surface area is 365 Å². The third-order valence-corrected chi connectivity index (χ3v) is 14.1. The molecule has 3 aliphatic rings. The Morgan fingerprint density at radius 2 is 1.70 bits per heavy atom. The normalized spacial score (nSPS) is 19.9. The van der Waals surface area contributed by atoms with E-state index in [0.717, 1.165) is 62.4 Å². The maximum atomic E-state index is 14.8. The monoisotopic (exact) mass is 889 g/mol. The number of aromatic nitrogens is 2. The average molecular weight is 891 g/mol. The van der Waals surface area contributed by atoms with Crippen LogP contribution in [0.4, 0.5) is 10.1 Å². The highest BCUT2D eigenvalue weighted by atomic mass is 35.5. The Morgan fingerprint density at radius 3 is 2.44 bits per heavy atom. The summed E-state index contributed by atoms with van der Waals surface area (Å²) in [5, 5.41) is 17.9. The highest BCUT2D eigenvalue weighted by Crippen LogP contribution is 2.44. The smallest absolute Gasteiger partial charge is 0.268 e. The molecule has 2 fully saturated rings. The van der Waals surface area contributed by atoms with Crippen LogP contribution < -0.4 is 19.1 Å². The Hall–Kier alpha value is -4.66. The van der Waals surface area contributed by atoms with Crippen molar-refractivity contribution in [3.63, 3.8) is 0 Å². The minimum atomic E-state index is -4.41. The molecule has 0 atom stereocenters. The van der Waals surface area contributed by atoms with Crippen LogP contribution in [0, 0.1) is 17.2 Å². The van der Waals surface area contributed by atoms with Gasteiger partial charge in [0.25, 0.3) is 15.9 Å². The molecule has 1 aromatic heterocycles. The predicted octanol–water partition coefficient (Wildman–Crippen LogP) is 9.64. The van der Waals surface area contributed by atoms with E-state index >= 15 is 0 Å². The van der Waals surface area contributed by atoms with Gasteiger partial charge >= 0.3 is 0 Å². The van der Waals surface area contributed by atoms with Crippen molar-refractivity contribution >= 4 is 61.3 Å². The van der Waals surface area contributed by atoms with E-state index in [1.165, 1.54) is 59.3 Å². The number of allylic oxidation sites excluding steroid dienone is 1. The molecule has 11 nitrogen and oxygen atoms in total. The number of hydrogen-bond acceptors (Lipinski definition) is 9. The molecule has 0 radical (unpaired) electrons. The number of ether oxygens (including phenoxy) is 2. The van der Waals surface area contributed by atoms with Gasteiger partial charge in [-0.2, -0.15) is 5.10 Å². The zero-order valence-corrected chi connectivity index (χ0v) is 36.6. The minimum Gasteiger partial charge on any atom is -0.492 e.